The summed E-state index contributed by atoms with van der Waals surface area (Å²) in [4.78, 5) is 81.2. The third-order valence-electron chi connectivity index (χ3n) is 4.28. The Hall–Kier alpha value is -3.75. The van der Waals surface area contributed by atoms with Gasteiger partial charge in [0.25, 0.3) is 0 Å². The van der Waals surface area contributed by atoms with Gasteiger partial charge < -0.3 is 42.7 Å². The molecule has 0 aliphatic rings. The number of hydrogen-bond donors (Lipinski definition) is 8. The standard InChI is InChI=1S/C18H29N5O10/c1-7(2)14(17(31)22-10(18(32)33)5-11(20)24)23-16(30)9(6-13(27)28)21-15(29)8(19)3-4-12(25)26/h7-10,14H,3-6,19H2,1-2H3,(H2,20,24)(H,21,29)(H,22,31)(H,23,30)(H,25,26)(H,27,28)(H,32,33). The number of nitrogens with two attached hydrogens (primary N) is 2. The molecule has 0 saturated carbocycles. The normalized spacial score (nSPS) is 14.3. The van der Waals surface area contributed by atoms with E-state index in [-0.39, 0.29) is 6.42 Å². The summed E-state index contributed by atoms with van der Waals surface area (Å²) in [5, 5.41) is 33.2. The van der Waals surface area contributed by atoms with Gasteiger partial charge in [0, 0.05) is 6.42 Å². The van der Waals surface area contributed by atoms with Crippen LogP contribution in [0, 0.1) is 5.92 Å². The molecule has 0 aliphatic carbocycles. The summed E-state index contributed by atoms with van der Waals surface area (Å²) in [5.74, 6) is -8.85. The summed E-state index contributed by atoms with van der Waals surface area (Å²) >= 11 is 0. The van der Waals surface area contributed by atoms with Crippen LogP contribution in [0.3, 0.4) is 0 Å². The molecular weight excluding hydrogens is 446 g/mol. The first kappa shape index (κ1) is 29.2. The van der Waals surface area contributed by atoms with Crippen molar-refractivity contribution in [2.75, 3.05) is 0 Å². The topological polar surface area (TPSA) is 268 Å². The van der Waals surface area contributed by atoms with Gasteiger partial charge in [-0.1, -0.05) is 13.8 Å². The highest BCUT2D eigenvalue weighted by atomic mass is 16.4. The molecule has 0 radical (unpaired) electrons. The molecule has 0 aliphatic heterocycles. The van der Waals surface area contributed by atoms with Crippen LogP contribution in [0.5, 0.6) is 0 Å². The quantitative estimate of drug-likeness (QED) is 0.116. The monoisotopic (exact) mass is 475 g/mol. The molecule has 15 nitrogen and oxygen atoms in total. The van der Waals surface area contributed by atoms with Crippen molar-refractivity contribution in [3.63, 3.8) is 0 Å². The summed E-state index contributed by atoms with van der Waals surface area (Å²) in [6.07, 6.45) is -2.28. The summed E-state index contributed by atoms with van der Waals surface area (Å²) in [5.41, 5.74) is 10.5. The third kappa shape index (κ3) is 11.4. The van der Waals surface area contributed by atoms with E-state index in [1.54, 1.807) is 0 Å². The number of carboxylic acid groups (broad SMARTS) is 3. The molecule has 15 heteroatoms. The van der Waals surface area contributed by atoms with E-state index in [2.05, 4.69) is 16.0 Å². The van der Waals surface area contributed by atoms with E-state index in [4.69, 9.17) is 26.8 Å². The zero-order chi connectivity index (χ0) is 25.9. The molecule has 0 bridgehead atoms. The van der Waals surface area contributed by atoms with Gasteiger partial charge in [0.05, 0.1) is 18.9 Å². The van der Waals surface area contributed by atoms with Crippen molar-refractivity contribution in [2.45, 2.75) is 63.7 Å². The lowest BCUT2D eigenvalue weighted by Gasteiger charge is -2.26. The fourth-order valence-electron chi connectivity index (χ4n) is 2.52. The molecule has 0 aromatic carbocycles. The number of hydrogen-bond acceptors (Lipinski definition) is 8. The van der Waals surface area contributed by atoms with Gasteiger partial charge in [0.1, 0.15) is 18.1 Å². The van der Waals surface area contributed by atoms with Crippen molar-refractivity contribution in [3.8, 4) is 0 Å². The zero-order valence-corrected chi connectivity index (χ0v) is 18.1. The molecule has 10 N–H and O–H groups in total. The Morgan fingerprint density at radius 1 is 0.758 bits per heavy atom. The van der Waals surface area contributed by atoms with Crippen molar-refractivity contribution >= 4 is 41.5 Å². The van der Waals surface area contributed by atoms with Crippen molar-refractivity contribution in [1.82, 2.24) is 16.0 Å². The van der Waals surface area contributed by atoms with E-state index in [0.29, 0.717) is 0 Å². The summed E-state index contributed by atoms with van der Waals surface area (Å²) in [6, 6.07) is -6.02. The SMILES string of the molecule is CC(C)C(NC(=O)C(CC(=O)O)NC(=O)C(N)CCC(=O)O)C(=O)NC(CC(N)=O)C(=O)O. The van der Waals surface area contributed by atoms with Crippen LogP contribution >= 0.6 is 0 Å². The lowest BCUT2D eigenvalue weighted by atomic mass is 10.0. The van der Waals surface area contributed by atoms with E-state index in [1.165, 1.54) is 13.8 Å². The van der Waals surface area contributed by atoms with E-state index < -0.39 is 90.9 Å². The number of aliphatic carboxylic acids is 3. The molecule has 4 atom stereocenters. The lowest BCUT2D eigenvalue weighted by molar-refractivity contribution is -0.144. The second-order valence-corrected chi connectivity index (χ2v) is 7.50. The molecule has 0 aromatic rings. The third-order valence-corrected chi connectivity index (χ3v) is 4.28. The number of rotatable bonds is 15. The van der Waals surface area contributed by atoms with Crippen LogP contribution in [0.2, 0.25) is 0 Å². The smallest absolute Gasteiger partial charge is 0.326 e. The lowest BCUT2D eigenvalue weighted by Crippen LogP contribution is -2.59. The van der Waals surface area contributed by atoms with E-state index >= 15 is 0 Å². The minimum absolute atomic E-state index is 0.268. The van der Waals surface area contributed by atoms with Crippen molar-refractivity contribution in [1.29, 1.82) is 0 Å². The predicted octanol–water partition coefficient (Wildman–Crippen LogP) is -3.28. The molecular formula is C18H29N5O10. The maximum absolute atomic E-state index is 12.6. The van der Waals surface area contributed by atoms with Crippen LogP contribution in [0.1, 0.15) is 39.5 Å². The van der Waals surface area contributed by atoms with Crippen LogP contribution < -0.4 is 27.4 Å². The van der Waals surface area contributed by atoms with Gasteiger partial charge in [0.2, 0.25) is 23.6 Å². The number of carbonyl (C=O) groups is 7. The molecule has 0 fully saturated rings. The number of carboxylic acids is 3. The minimum Gasteiger partial charge on any atom is -0.481 e. The number of primary amides is 1. The fraction of sp³-hybridized carbons (Fsp3) is 0.611. The Labute approximate surface area is 188 Å². The second-order valence-electron chi connectivity index (χ2n) is 7.50. The van der Waals surface area contributed by atoms with E-state index in [9.17, 15) is 33.6 Å². The van der Waals surface area contributed by atoms with E-state index in [0.717, 1.165) is 0 Å². The predicted molar refractivity (Wildman–Crippen MR) is 109 cm³/mol. The van der Waals surface area contributed by atoms with Crippen molar-refractivity contribution in [2.24, 2.45) is 17.4 Å². The molecule has 33 heavy (non-hydrogen) atoms. The summed E-state index contributed by atoms with van der Waals surface area (Å²) in [6.45, 7) is 3.00. The average Bonchev–Trinajstić information content (AvgIpc) is 2.67. The van der Waals surface area contributed by atoms with Crippen LogP contribution in [0.4, 0.5) is 0 Å². The van der Waals surface area contributed by atoms with Gasteiger partial charge in [0.15, 0.2) is 0 Å². The molecule has 4 amide bonds. The number of carbonyl (C=O) groups excluding carboxylic acids is 4. The molecule has 0 spiro atoms. The van der Waals surface area contributed by atoms with Crippen molar-refractivity contribution < 1.29 is 48.9 Å². The summed E-state index contributed by atoms with van der Waals surface area (Å²) < 4.78 is 0. The first-order valence-corrected chi connectivity index (χ1v) is 9.77. The van der Waals surface area contributed by atoms with Gasteiger partial charge in [-0.05, 0) is 12.3 Å². The first-order valence-electron chi connectivity index (χ1n) is 9.77. The minimum atomic E-state index is -1.67. The number of amides is 4. The zero-order valence-electron chi connectivity index (χ0n) is 18.1. The van der Waals surface area contributed by atoms with Crippen LogP contribution in [-0.4, -0.2) is 81.0 Å². The Morgan fingerprint density at radius 3 is 1.73 bits per heavy atom. The maximum atomic E-state index is 12.6. The highest BCUT2D eigenvalue weighted by Gasteiger charge is 2.33. The van der Waals surface area contributed by atoms with Gasteiger partial charge in [-0.3, -0.25) is 28.8 Å². The fourth-order valence-corrected chi connectivity index (χ4v) is 2.52. The highest BCUT2D eigenvalue weighted by molar-refractivity contribution is 5.96. The summed E-state index contributed by atoms with van der Waals surface area (Å²) in [7, 11) is 0. The second kappa shape index (κ2) is 13.6. The molecule has 0 saturated heterocycles. The van der Waals surface area contributed by atoms with Crippen LogP contribution in [-0.2, 0) is 33.6 Å². The van der Waals surface area contributed by atoms with Gasteiger partial charge in [-0.15, -0.1) is 0 Å². The van der Waals surface area contributed by atoms with E-state index in [1.807, 2.05) is 0 Å². The average molecular weight is 475 g/mol. The Kier molecular flexibility index (Phi) is 12.1. The Morgan fingerprint density at radius 2 is 1.30 bits per heavy atom. The first-order chi connectivity index (χ1) is 15.1. The molecule has 0 aromatic heterocycles. The van der Waals surface area contributed by atoms with Gasteiger partial charge in [-0.2, -0.15) is 0 Å². The van der Waals surface area contributed by atoms with Gasteiger partial charge >= 0.3 is 17.9 Å². The number of nitrogens with one attached hydrogen (secondary N) is 3. The van der Waals surface area contributed by atoms with Gasteiger partial charge in [-0.25, -0.2) is 4.79 Å². The van der Waals surface area contributed by atoms with Crippen LogP contribution in [0.15, 0.2) is 0 Å². The van der Waals surface area contributed by atoms with Crippen LogP contribution in [0.25, 0.3) is 0 Å². The molecule has 4 unspecified atom stereocenters. The molecule has 0 rings (SSSR count). The largest absolute Gasteiger partial charge is 0.481 e. The molecule has 0 heterocycles. The Balaban J connectivity index is 5.43. The highest BCUT2D eigenvalue weighted by Crippen LogP contribution is 2.06. The maximum Gasteiger partial charge on any atom is 0.326 e. The van der Waals surface area contributed by atoms with Crippen molar-refractivity contribution in [3.05, 3.63) is 0 Å². The molecule has 186 valence electrons. The Bertz CT molecular complexity index is 785.